The highest BCUT2D eigenvalue weighted by Gasteiger charge is 2.09. The van der Waals surface area contributed by atoms with Gasteiger partial charge in [0.2, 0.25) is 0 Å². The van der Waals surface area contributed by atoms with E-state index in [-0.39, 0.29) is 36.3 Å². The van der Waals surface area contributed by atoms with Crippen molar-refractivity contribution >= 4 is 29.9 Å². The molecule has 30 heavy (non-hydrogen) atoms. The Morgan fingerprint density at radius 3 is 2.73 bits per heavy atom. The predicted octanol–water partition coefficient (Wildman–Crippen LogP) is 2.81. The molecule has 0 aliphatic carbocycles. The number of guanidine groups is 1. The standard InChI is InChI=1S/C19H20F2N6O2.HI/c1-22-19(25-10-11-28-16-6-5-13(20)12-14(16)21)24-9-7-17-26-18(29-27-17)15-4-2-3-8-23-15;/h2-6,8,12H,7,9-11H2,1H3,(H2,22,24,25);1H. The summed E-state index contributed by atoms with van der Waals surface area (Å²) in [7, 11) is 1.63. The number of benzene rings is 1. The fourth-order valence-electron chi connectivity index (χ4n) is 2.38. The van der Waals surface area contributed by atoms with Gasteiger partial charge in [-0.3, -0.25) is 9.98 Å². The summed E-state index contributed by atoms with van der Waals surface area (Å²) in [5.74, 6) is 0.0691. The van der Waals surface area contributed by atoms with Crippen molar-refractivity contribution in [1.29, 1.82) is 0 Å². The average molecular weight is 530 g/mol. The van der Waals surface area contributed by atoms with E-state index in [2.05, 4.69) is 30.8 Å². The number of ether oxygens (including phenoxy) is 1. The topological polar surface area (TPSA) is 97.5 Å². The molecule has 2 N–H and O–H groups in total. The van der Waals surface area contributed by atoms with Gasteiger partial charge < -0.3 is 19.9 Å². The molecule has 8 nitrogen and oxygen atoms in total. The van der Waals surface area contributed by atoms with Crippen molar-refractivity contribution in [3.63, 3.8) is 0 Å². The number of nitrogens with one attached hydrogen (secondary N) is 2. The first kappa shape index (κ1) is 23.4. The van der Waals surface area contributed by atoms with E-state index >= 15 is 0 Å². The number of aromatic nitrogens is 3. The summed E-state index contributed by atoms with van der Waals surface area (Å²) in [6.07, 6.45) is 2.18. The largest absolute Gasteiger partial charge is 0.489 e. The first-order chi connectivity index (χ1) is 14.2. The third-order valence-corrected chi connectivity index (χ3v) is 3.76. The molecule has 0 saturated heterocycles. The van der Waals surface area contributed by atoms with Crippen molar-refractivity contribution in [2.24, 2.45) is 4.99 Å². The molecule has 0 fully saturated rings. The minimum absolute atomic E-state index is 0. The van der Waals surface area contributed by atoms with Crippen LogP contribution >= 0.6 is 24.0 Å². The van der Waals surface area contributed by atoms with Gasteiger partial charge in [-0.05, 0) is 24.3 Å². The molecule has 3 rings (SSSR count). The SMILES string of the molecule is CN=C(NCCOc1ccc(F)cc1F)NCCc1noc(-c2ccccn2)n1.I. The molecular formula is C19H21F2IN6O2. The van der Waals surface area contributed by atoms with Crippen LogP contribution in [0.25, 0.3) is 11.6 Å². The van der Waals surface area contributed by atoms with Crippen molar-refractivity contribution in [2.45, 2.75) is 6.42 Å². The maximum atomic E-state index is 13.5. The van der Waals surface area contributed by atoms with E-state index in [1.807, 2.05) is 12.1 Å². The molecule has 3 aromatic rings. The Hall–Kier alpha value is -2.83. The maximum Gasteiger partial charge on any atom is 0.276 e. The highest BCUT2D eigenvalue weighted by molar-refractivity contribution is 14.0. The molecule has 2 aromatic heterocycles. The number of aliphatic imine (C=N–C) groups is 1. The first-order valence-corrected chi connectivity index (χ1v) is 8.92. The molecule has 0 bridgehead atoms. The third-order valence-electron chi connectivity index (χ3n) is 3.76. The summed E-state index contributed by atoms with van der Waals surface area (Å²) in [5.41, 5.74) is 0.620. The fraction of sp³-hybridized carbons (Fsp3) is 0.263. The Morgan fingerprint density at radius 2 is 2.00 bits per heavy atom. The van der Waals surface area contributed by atoms with Crippen LogP contribution in [0, 0.1) is 11.6 Å². The quantitative estimate of drug-likeness (QED) is 0.200. The van der Waals surface area contributed by atoms with E-state index in [1.54, 1.807) is 19.3 Å². The van der Waals surface area contributed by atoms with Crippen molar-refractivity contribution in [3.05, 3.63) is 60.1 Å². The summed E-state index contributed by atoms with van der Waals surface area (Å²) in [6.45, 7) is 1.08. The molecular weight excluding hydrogens is 509 g/mol. The van der Waals surface area contributed by atoms with Crippen LogP contribution in [0.15, 0.2) is 52.1 Å². The first-order valence-electron chi connectivity index (χ1n) is 8.92. The summed E-state index contributed by atoms with van der Waals surface area (Å²) >= 11 is 0. The average Bonchev–Trinajstić information content (AvgIpc) is 3.20. The molecule has 1 aromatic carbocycles. The maximum absolute atomic E-state index is 13.5. The number of hydrogen-bond donors (Lipinski definition) is 2. The van der Waals surface area contributed by atoms with Gasteiger partial charge in [-0.1, -0.05) is 11.2 Å². The van der Waals surface area contributed by atoms with Crippen LogP contribution in [-0.4, -0.2) is 47.8 Å². The Kier molecular flexibility index (Phi) is 9.38. The molecule has 0 spiro atoms. The van der Waals surface area contributed by atoms with Gasteiger partial charge in [-0.25, -0.2) is 8.78 Å². The molecule has 160 valence electrons. The van der Waals surface area contributed by atoms with Gasteiger partial charge >= 0.3 is 0 Å². The van der Waals surface area contributed by atoms with Crippen LogP contribution in [0.1, 0.15) is 5.82 Å². The Morgan fingerprint density at radius 1 is 1.17 bits per heavy atom. The normalized spacial score (nSPS) is 11.0. The minimum Gasteiger partial charge on any atom is -0.489 e. The van der Waals surface area contributed by atoms with E-state index in [0.29, 0.717) is 42.9 Å². The predicted molar refractivity (Wildman–Crippen MR) is 118 cm³/mol. The third kappa shape index (κ3) is 6.90. The van der Waals surface area contributed by atoms with Gasteiger partial charge in [-0.15, -0.1) is 24.0 Å². The van der Waals surface area contributed by atoms with Crippen molar-refractivity contribution in [1.82, 2.24) is 25.8 Å². The van der Waals surface area contributed by atoms with Gasteiger partial charge in [-0.2, -0.15) is 4.98 Å². The highest BCUT2D eigenvalue weighted by atomic mass is 127. The number of hydrogen-bond acceptors (Lipinski definition) is 6. The van der Waals surface area contributed by atoms with Gasteiger partial charge in [0.15, 0.2) is 23.4 Å². The van der Waals surface area contributed by atoms with Crippen LogP contribution in [0.4, 0.5) is 8.78 Å². The summed E-state index contributed by atoms with van der Waals surface area (Å²) in [4.78, 5) is 12.6. The zero-order valence-electron chi connectivity index (χ0n) is 16.1. The summed E-state index contributed by atoms with van der Waals surface area (Å²) < 4.78 is 36.8. The summed E-state index contributed by atoms with van der Waals surface area (Å²) in [5, 5.41) is 10.1. The zero-order valence-corrected chi connectivity index (χ0v) is 18.5. The molecule has 0 aliphatic rings. The minimum atomic E-state index is -0.738. The van der Waals surface area contributed by atoms with E-state index in [9.17, 15) is 8.78 Å². The number of pyridine rings is 1. The lowest BCUT2D eigenvalue weighted by atomic mass is 10.3. The highest BCUT2D eigenvalue weighted by Crippen LogP contribution is 2.17. The zero-order chi connectivity index (χ0) is 20.5. The Bertz CT molecular complexity index is 955. The molecule has 0 saturated carbocycles. The lowest BCUT2D eigenvalue weighted by Crippen LogP contribution is -2.40. The molecule has 0 aliphatic heterocycles. The Balaban J connectivity index is 0.00000320. The van der Waals surface area contributed by atoms with Crippen molar-refractivity contribution in [2.75, 3.05) is 26.7 Å². The van der Waals surface area contributed by atoms with E-state index in [1.165, 1.54) is 6.07 Å². The Labute approximate surface area is 189 Å². The second kappa shape index (κ2) is 12.0. The molecule has 0 amide bonds. The van der Waals surface area contributed by atoms with E-state index in [4.69, 9.17) is 9.26 Å². The van der Waals surface area contributed by atoms with Crippen LogP contribution in [0.5, 0.6) is 5.75 Å². The molecule has 0 unspecified atom stereocenters. The molecule has 0 radical (unpaired) electrons. The second-order valence-electron chi connectivity index (χ2n) is 5.83. The van der Waals surface area contributed by atoms with Gasteiger partial charge in [0.1, 0.15) is 18.1 Å². The number of nitrogens with zero attached hydrogens (tertiary/aromatic N) is 4. The van der Waals surface area contributed by atoms with Crippen molar-refractivity contribution in [3.8, 4) is 17.3 Å². The lowest BCUT2D eigenvalue weighted by molar-refractivity contribution is 0.304. The van der Waals surface area contributed by atoms with Crippen LogP contribution in [0.2, 0.25) is 0 Å². The number of halogens is 3. The van der Waals surface area contributed by atoms with Crippen molar-refractivity contribution < 1.29 is 18.0 Å². The van der Waals surface area contributed by atoms with Crippen LogP contribution in [0.3, 0.4) is 0 Å². The molecule has 0 atom stereocenters. The monoisotopic (exact) mass is 530 g/mol. The van der Waals surface area contributed by atoms with E-state index in [0.717, 1.165) is 12.1 Å². The van der Waals surface area contributed by atoms with Gasteiger partial charge in [0.25, 0.3) is 5.89 Å². The lowest BCUT2D eigenvalue weighted by Gasteiger charge is -2.12. The molecule has 2 heterocycles. The summed E-state index contributed by atoms with van der Waals surface area (Å²) in [6, 6.07) is 8.62. The van der Waals surface area contributed by atoms with Gasteiger partial charge in [0, 0.05) is 32.3 Å². The van der Waals surface area contributed by atoms with Crippen LogP contribution < -0.4 is 15.4 Å². The second-order valence-corrected chi connectivity index (χ2v) is 5.83. The molecule has 11 heteroatoms. The van der Waals surface area contributed by atoms with Gasteiger partial charge in [0.05, 0.1) is 6.54 Å². The smallest absolute Gasteiger partial charge is 0.276 e. The fourth-order valence-corrected chi connectivity index (χ4v) is 2.38. The van der Waals surface area contributed by atoms with Crippen LogP contribution in [-0.2, 0) is 6.42 Å². The van der Waals surface area contributed by atoms with E-state index < -0.39 is 11.6 Å². The number of rotatable bonds is 8.